The summed E-state index contributed by atoms with van der Waals surface area (Å²) in [6.45, 7) is 1.03. The Hall–Kier alpha value is -3.20. The minimum absolute atomic E-state index is 0.0872. The molecule has 2 aromatic carbocycles. The number of hydrogen-bond donors (Lipinski definition) is 2. The molecule has 0 spiro atoms. The zero-order chi connectivity index (χ0) is 27.1. The van der Waals surface area contributed by atoms with Crippen LogP contribution in [0, 0.1) is 0 Å². The number of methoxy groups -OCH3 is 2. The molecule has 0 unspecified atom stereocenters. The fraction of sp³-hybridized carbons (Fsp3) is 0.333. The maximum atomic E-state index is 12.8. The van der Waals surface area contributed by atoms with Crippen LogP contribution in [0.25, 0.3) is 0 Å². The minimum Gasteiger partial charge on any atom is -0.493 e. The minimum atomic E-state index is -3.57. The van der Waals surface area contributed by atoms with Crippen molar-refractivity contribution < 1.29 is 27.5 Å². The van der Waals surface area contributed by atoms with E-state index in [0.717, 1.165) is 30.6 Å². The number of nitrogens with zero attached hydrogens (tertiary/aromatic N) is 3. The first-order valence-corrected chi connectivity index (χ1v) is 14.9. The summed E-state index contributed by atoms with van der Waals surface area (Å²) in [5.74, 6) is 0.458. The highest BCUT2D eigenvalue weighted by atomic mass is 32.2. The van der Waals surface area contributed by atoms with Crippen LogP contribution >= 0.6 is 23.1 Å². The van der Waals surface area contributed by atoms with Crippen LogP contribution < -0.4 is 20.1 Å². The maximum absolute atomic E-state index is 12.8. The van der Waals surface area contributed by atoms with Crippen molar-refractivity contribution in [3.8, 4) is 11.5 Å². The van der Waals surface area contributed by atoms with E-state index in [9.17, 15) is 18.0 Å². The molecule has 0 radical (unpaired) electrons. The van der Waals surface area contributed by atoms with Crippen molar-refractivity contribution in [3.05, 3.63) is 48.0 Å². The van der Waals surface area contributed by atoms with E-state index in [2.05, 4.69) is 20.8 Å². The zero-order valence-corrected chi connectivity index (χ0v) is 23.2. The third kappa shape index (κ3) is 6.81. The quantitative estimate of drug-likeness (QED) is 0.273. The highest BCUT2D eigenvalue weighted by molar-refractivity contribution is 8.01. The van der Waals surface area contributed by atoms with Crippen LogP contribution in [0.3, 0.4) is 0 Å². The number of carbonyl (C=O) groups is 2. The summed E-state index contributed by atoms with van der Waals surface area (Å²) in [6.07, 6.45) is 2.73. The van der Waals surface area contributed by atoms with Crippen LogP contribution in [-0.4, -0.2) is 67.8 Å². The van der Waals surface area contributed by atoms with Gasteiger partial charge < -0.3 is 14.8 Å². The van der Waals surface area contributed by atoms with Gasteiger partial charge in [0.05, 0.1) is 24.9 Å². The fourth-order valence-corrected chi connectivity index (χ4v) is 6.82. The molecule has 1 aliphatic heterocycles. The highest BCUT2D eigenvalue weighted by Gasteiger charge is 2.26. The Morgan fingerprint density at radius 2 is 1.68 bits per heavy atom. The lowest BCUT2D eigenvalue weighted by atomic mass is 10.2. The van der Waals surface area contributed by atoms with Crippen LogP contribution in [0.2, 0.25) is 0 Å². The van der Waals surface area contributed by atoms with Crippen LogP contribution in [-0.2, 0) is 14.8 Å². The number of hydrogen-bond acceptors (Lipinski definition) is 10. The molecule has 202 valence electrons. The Bertz CT molecular complexity index is 1390. The van der Waals surface area contributed by atoms with Gasteiger partial charge in [0.1, 0.15) is 0 Å². The van der Waals surface area contributed by atoms with Gasteiger partial charge in [-0.25, -0.2) is 8.42 Å². The summed E-state index contributed by atoms with van der Waals surface area (Å²) in [5.41, 5.74) is 0.856. The molecule has 2 N–H and O–H groups in total. The third-order valence-corrected chi connectivity index (χ3v) is 9.58. The second-order valence-electron chi connectivity index (χ2n) is 8.22. The Balaban J connectivity index is 1.29. The van der Waals surface area contributed by atoms with Crippen molar-refractivity contribution in [2.45, 2.75) is 28.5 Å². The van der Waals surface area contributed by atoms with Gasteiger partial charge in [-0.3, -0.25) is 14.9 Å². The van der Waals surface area contributed by atoms with Crippen molar-refractivity contribution in [2.75, 3.05) is 43.7 Å². The Kier molecular flexibility index (Phi) is 9.20. The van der Waals surface area contributed by atoms with Crippen LogP contribution in [0.5, 0.6) is 11.5 Å². The Morgan fingerprint density at radius 1 is 0.974 bits per heavy atom. The molecule has 38 heavy (non-hydrogen) atoms. The lowest BCUT2D eigenvalue weighted by Gasteiger charge is -2.25. The van der Waals surface area contributed by atoms with E-state index in [1.807, 2.05) is 0 Å². The number of aromatic nitrogens is 2. The number of thioether (sulfide) groups is 1. The molecule has 4 rings (SSSR count). The Morgan fingerprint density at radius 3 is 2.37 bits per heavy atom. The number of sulfonamides is 1. The molecule has 0 aliphatic carbocycles. The van der Waals surface area contributed by atoms with Gasteiger partial charge in [0.2, 0.25) is 21.1 Å². The first kappa shape index (κ1) is 27.8. The smallest absolute Gasteiger partial charge is 0.257 e. The highest BCUT2D eigenvalue weighted by Crippen LogP contribution is 2.30. The first-order chi connectivity index (χ1) is 18.3. The molecule has 2 heterocycles. The van der Waals surface area contributed by atoms with Gasteiger partial charge in [-0.1, -0.05) is 29.5 Å². The standard InChI is InChI=1S/C24H27N5O6S3/c1-34-19-11-8-17(14-20(19)35-2)25-21(30)15-36-24-28-27-23(37-24)26-22(31)16-6-9-18(10-7-16)38(32,33)29-12-4-3-5-13-29/h6-11,14H,3-5,12-13,15H2,1-2H3,(H,25,30)(H,26,27,31). The number of anilines is 2. The number of nitrogens with one attached hydrogen (secondary N) is 2. The molecular formula is C24H27N5O6S3. The average molecular weight is 578 g/mol. The number of ether oxygens (including phenoxy) is 2. The molecule has 3 aromatic rings. The van der Waals surface area contributed by atoms with Crippen molar-refractivity contribution in [1.82, 2.24) is 14.5 Å². The average Bonchev–Trinajstić information content (AvgIpc) is 3.39. The Labute approximate surface area is 229 Å². The van der Waals surface area contributed by atoms with Crippen molar-refractivity contribution in [2.24, 2.45) is 0 Å². The van der Waals surface area contributed by atoms with E-state index in [0.29, 0.717) is 40.2 Å². The molecular weight excluding hydrogens is 550 g/mol. The molecule has 1 fully saturated rings. The second kappa shape index (κ2) is 12.6. The molecule has 0 saturated carbocycles. The van der Waals surface area contributed by atoms with Crippen molar-refractivity contribution in [1.29, 1.82) is 0 Å². The SMILES string of the molecule is COc1ccc(NC(=O)CSc2nnc(NC(=O)c3ccc(S(=O)(=O)N4CCCCC4)cc3)s2)cc1OC. The summed E-state index contributed by atoms with van der Waals surface area (Å²) < 4.78 is 38.0. The van der Waals surface area contributed by atoms with Crippen LogP contribution in [0.15, 0.2) is 51.7 Å². The summed E-state index contributed by atoms with van der Waals surface area (Å²) in [5, 5.41) is 13.7. The lowest BCUT2D eigenvalue weighted by Crippen LogP contribution is -2.35. The number of amides is 2. The molecule has 14 heteroatoms. The van der Waals surface area contributed by atoms with Gasteiger partial charge in [-0.2, -0.15) is 4.31 Å². The van der Waals surface area contributed by atoms with Gasteiger partial charge in [0.25, 0.3) is 5.91 Å². The van der Waals surface area contributed by atoms with E-state index in [1.54, 1.807) is 18.2 Å². The summed E-state index contributed by atoms with van der Waals surface area (Å²) in [4.78, 5) is 25.1. The first-order valence-electron chi connectivity index (χ1n) is 11.7. The van der Waals surface area contributed by atoms with E-state index >= 15 is 0 Å². The monoisotopic (exact) mass is 577 g/mol. The third-order valence-electron chi connectivity index (χ3n) is 5.69. The number of carbonyl (C=O) groups excluding carboxylic acids is 2. The second-order valence-corrected chi connectivity index (χ2v) is 12.4. The molecule has 1 aliphatic rings. The largest absolute Gasteiger partial charge is 0.493 e. The maximum Gasteiger partial charge on any atom is 0.257 e. The van der Waals surface area contributed by atoms with Crippen LogP contribution in [0.1, 0.15) is 29.6 Å². The molecule has 1 saturated heterocycles. The van der Waals surface area contributed by atoms with E-state index in [-0.39, 0.29) is 21.7 Å². The summed E-state index contributed by atoms with van der Waals surface area (Å²) in [6, 6.07) is 10.9. The number of benzene rings is 2. The van der Waals surface area contributed by atoms with E-state index < -0.39 is 15.9 Å². The number of rotatable bonds is 10. The van der Waals surface area contributed by atoms with Gasteiger partial charge >= 0.3 is 0 Å². The predicted molar refractivity (Wildman–Crippen MR) is 146 cm³/mol. The topological polar surface area (TPSA) is 140 Å². The molecule has 11 nitrogen and oxygen atoms in total. The molecule has 0 atom stereocenters. The lowest BCUT2D eigenvalue weighted by molar-refractivity contribution is -0.113. The van der Waals surface area contributed by atoms with Gasteiger partial charge in [0.15, 0.2) is 15.8 Å². The predicted octanol–water partition coefficient (Wildman–Crippen LogP) is 3.71. The van der Waals surface area contributed by atoms with Gasteiger partial charge in [0, 0.05) is 30.4 Å². The van der Waals surface area contributed by atoms with Crippen molar-refractivity contribution >= 4 is 55.8 Å². The van der Waals surface area contributed by atoms with Crippen LogP contribution in [0.4, 0.5) is 10.8 Å². The van der Waals surface area contributed by atoms with Crippen molar-refractivity contribution in [3.63, 3.8) is 0 Å². The normalized spacial score (nSPS) is 14.1. The number of piperidine rings is 1. The fourth-order valence-electron chi connectivity index (χ4n) is 3.76. The summed E-state index contributed by atoms with van der Waals surface area (Å²) in [7, 11) is -0.518. The zero-order valence-electron chi connectivity index (χ0n) is 20.8. The molecule has 2 amide bonds. The van der Waals surface area contributed by atoms with Gasteiger partial charge in [-0.05, 0) is 49.2 Å². The van der Waals surface area contributed by atoms with E-state index in [4.69, 9.17) is 9.47 Å². The van der Waals surface area contributed by atoms with Gasteiger partial charge in [-0.15, -0.1) is 10.2 Å². The van der Waals surface area contributed by atoms with E-state index in [1.165, 1.54) is 54.6 Å². The summed E-state index contributed by atoms with van der Waals surface area (Å²) >= 11 is 2.31. The molecule has 0 bridgehead atoms. The molecule has 1 aromatic heterocycles.